The first-order valence-corrected chi connectivity index (χ1v) is 7.00. The fourth-order valence-electron chi connectivity index (χ4n) is 2.62. The maximum absolute atomic E-state index is 14.1. The first-order chi connectivity index (χ1) is 10.5. The largest absolute Gasteiger partial charge is 0.457 e. The van der Waals surface area contributed by atoms with Crippen LogP contribution in [-0.2, 0) is 0 Å². The van der Waals surface area contributed by atoms with Crippen LogP contribution in [0.15, 0.2) is 51.7 Å². The molecule has 3 rings (SSSR count). The van der Waals surface area contributed by atoms with E-state index in [-0.39, 0.29) is 22.3 Å². The fourth-order valence-corrected chi connectivity index (χ4v) is 2.62. The summed E-state index contributed by atoms with van der Waals surface area (Å²) in [5.41, 5.74) is 1.37. The third-order valence-corrected chi connectivity index (χ3v) is 3.69. The van der Waals surface area contributed by atoms with Gasteiger partial charge < -0.3 is 9.52 Å². The van der Waals surface area contributed by atoms with Gasteiger partial charge in [0.2, 0.25) is 5.43 Å². The molecule has 0 radical (unpaired) electrons. The second kappa shape index (κ2) is 5.39. The van der Waals surface area contributed by atoms with Crippen LogP contribution < -0.4 is 5.43 Å². The summed E-state index contributed by atoms with van der Waals surface area (Å²) < 4.78 is 19.7. The van der Waals surface area contributed by atoms with Crippen LogP contribution >= 0.6 is 0 Å². The summed E-state index contributed by atoms with van der Waals surface area (Å²) in [5.74, 6) is -0.476. The van der Waals surface area contributed by atoms with Gasteiger partial charge in [-0.15, -0.1) is 0 Å². The van der Waals surface area contributed by atoms with Gasteiger partial charge in [0, 0.05) is 0 Å². The van der Waals surface area contributed by atoms with Crippen molar-refractivity contribution in [3.8, 4) is 11.1 Å². The van der Waals surface area contributed by atoms with Crippen molar-refractivity contribution in [2.75, 3.05) is 0 Å². The maximum atomic E-state index is 14.1. The second-order valence-electron chi connectivity index (χ2n) is 5.27. The zero-order valence-electron chi connectivity index (χ0n) is 12.3. The number of aliphatic hydroxyl groups is 1. The van der Waals surface area contributed by atoms with Crippen LogP contribution in [0.2, 0.25) is 0 Å². The predicted molar refractivity (Wildman–Crippen MR) is 83.2 cm³/mol. The molecular formula is C18H15FO3. The molecule has 0 bridgehead atoms. The lowest BCUT2D eigenvalue weighted by Gasteiger charge is -2.14. The van der Waals surface area contributed by atoms with Crippen LogP contribution in [0.1, 0.15) is 24.4 Å². The van der Waals surface area contributed by atoms with Crippen LogP contribution in [-0.4, -0.2) is 5.11 Å². The second-order valence-corrected chi connectivity index (χ2v) is 5.27. The van der Waals surface area contributed by atoms with Crippen LogP contribution in [0.4, 0.5) is 4.39 Å². The quantitative estimate of drug-likeness (QED) is 0.779. The van der Waals surface area contributed by atoms with Gasteiger partial charge in [0.25, 0.3) is 0 Å². The monoisotopic (exact) mass is 298 g/mol. The molecule has 0 spiro atoms. The normalized spacial score (nSPS) is 12.5. The lowest BCUT2D eigenvalue weighted by molar-refractivity contribution is 0.171. The summed E-state index contributed by atoms with van der Waals surface area (Å²) in [4.78, 5) is 12.8. The van der Waals surface area contributed by atoms with E-state index in [1.54, 1.807) is 12.1 Å². The standard InChI is InChI=1S/C18H15FO3/c1-10-6-3-4-7-12(10)15-17(21)16-13(19)8-5-9-14(16)22-18(15)11(2)20/h3-9,11,20H,1-2H3/t11-/m0/s1. The number of benzene rings is 2. The molecule has 112 valence electrons. The zero-order valence-corrected chi connectivity index (χ0v) is 12.3. The molecule has 0 unspecified atom stereocenters. The molecule has 2 aromatic carbocycles. The summed E-state index contributed by atoms with van der Waals surface area (Å²) in [6, 6.07) is 11.5. The molecule has 0 amide bonds. The number of halogens is 1. The van der Waals surface area contributed by atoms with Crippen LogP contribution in [0.25, 0.3) is 22.1 Å². The van der Waals surface area contributed by atoms with Crippen molar-refractivity contribution in [3.63, 3.8) is 0 Å². The lowest BCUT2D eigenvalue weighted by Crippen LogP contribution is -2.12. The van der Waals surface area contributed by atoms with Gasteiger partial charge in [-0.25, -0.2) is 4.39 Å². The molecule has 0 aliphatic rings. The Labute approximate surface area is 126 Å². The summed E-state index contributed by atoms with van der Waals surface area (Å²) in [6.45, 7) is 3.37. The van der Waals surface area contributed by atoms with Gasteiger partial charge in [0.15, 0.2) is 0 Å². The molecule has 0 saturated heterocycles. The number of fused-ring (bicyclic) bond motifs is 1. The lowest BCUT2D eigenvalue weighted by atomic mass is 9.96. The van der Waals surface area contributed by atoms with Crippen molar-refractivity contribution in [1.82, 2.24) is 0 Å². The van der Waals surface area contributed by atoms with E-state index in [0.717, 1.165) is 5.56 Å². The molecule has 3 aromatic rings. The van der Waals surface area contributed by atoms with E-state index in [1.807, 2.05) is 19.1 Å². The molecule has 1 N–H and O–H groups in total. The molecule has 0 aliphatic carbocycles. The Kier molecular flexibility index (Phi) is 3.54. The van der Waals surface area contributed by atoms with Crippen molar-refractivity contribution in [2.45, 2.75) is 20.0 Å². The fraction of sp³-hybridized carbons (Fsp3) is 0.167. The van der Waals surface area contributed by atoms with Crippen molar-refractivity contribution in [3.05, 3.63) is 69.8 Å². The topological polar surface area (TPSA) is 50.4 Å². The van der Waals surface area contributed by atoms with E-state index < -0.39 is 17.3 Å². The SMILES string of the molecule is Cc1ccccc1-c1c([C@H](C)O)oc2cccc(F)c2c1=O. The number of hydrogen-bond acceptors (Lipinski definition) is 3. The highest BCUT2D eigenvalue weighted by Gasteiger charge is 2.22. The molecular weight excluding hydrogens is 283 g/mol. The minimum Gasteiger partial charge on any atom is -0.457 e. The number of rotatable bonds is 2. The van der Waals surface area contributed by atoms with Gasteiger partial charge >= 0.3 is 0 Å². The number of hydrogen-bond donors (Lipinski definition) is 1. The van der Waals surface area contributed by atoms with E-state index in [2.05, 4.69) is 0 Å². The molecule has 3 nitrogen and oxygen atoms in total. The molecule has 0 saturated carbocycles. The zero-order chi connectivity index (χ0) is 15.9. The van der Waals surface area contributed by atoms with E-state index in [9.17, 15) is 14.3 Å². The van der Waals surface area contributed by atoms with Gasteiger partial charge in [-0.05, 0) is 37.1 Å². The van der Waals surface area contributed by atoms with Crippen molar-refractivity contribution >= 4 is 11.0 Å². The molecule has 1 aromatic heterocycles. The third-order valence-electron chi connectivity index (χ3n) is 3.69. The average Bonchev–Trinajstić information content (AvgIpc) is 2.48. The summed E-state index contributed by atoms with van der Waals surface area (Å²) in [6.07, 6.45) is -0.977. The highest BCUT2D eigenvalue weighted by atomic mass is 19.1. The Balaban J connectivity index is 2.50. The van der Waals surface area contributed by atoms with E-state index >= 15 is 0 Å². The predicted octanol–water partition coefficient (Wildman–Crippen LogP) is 3.96. The Bertz CT molecular complexity index is 910. The smallest absolute Gasteiger partial charge is 0.203 e. The average molecular weight is 298 g/mol. The Morgan fingerprint density at radius 3 is 2.55 bits per heavy atom. The summed E-state index contributed by atoms with van der Waals surface area (Å²) in [7, 11) is 0. The van der Waals surface area contributed by atoms with Gasteiger partial charge in [0.05, 0.1) is 5.56 Å². The summed E-state index contributed by atoms with van der Waals surface area (Å²) in [5, 5.41) is 9.89. The number of aryl methyl sites for hydroxylation is 1. The first kappa shape index (κ1) is 14.5. The van der Waals surface area contributed by atoms with E-state index in [0.29, 0.717) is 5.56 Å². The summed E-state index contributed by atoms with van der Waals surface area (Å²) >= 11 is 0. The first-order valence-electron chi connectivity index (χ1n) is 7.00. The van der Waals surface area contributed by atoms with Crippen molar-refractivity contribution in [2.24, 2.45) is 0 Å². The third kappa shape index (κ3) is 2.22. The highest BCUT2D eigenvalue weighted by Crippen LogP contribution is 2.31. The Morgan fingerprint density at radius 1 is 1.14 bits per heavy atom. The van der Waals surface area contributed by atoms with Gasteiger partial charge in [0.1, 0.15) is 28.7 Å². The van der Waals surface area contributed by atoms with Crippen molar-refractivity contribution < 1.29 is 13.9 Å². The van der Waals surface area contributed by atoms with Crippen LogP contribution in [0.3, 0.4) is 0 Å². The molecule has 1 atom stereocenters. The van der Waals surface area contributed by atoms with E-state index in [1.165, 1.54) is 25.1 Å². The van der Waals surface area contributed by atoms with Crippen LogP contribution in [0.5, 0.6) is 0 Å². The van der Waals surface area contributed by atoms with Crippen LogP contribution in [0, 0.1) is 12.7 Å². The number of aliphatic hydroxyl groups excluding tert-OH is 1. The molecule has 1 heterocycles. The van der Waals surface area contributed by atoms with Crippen molar-refractivity contribution in [1.29, 1.82) is 0 Å². The van der Waals surface area contributed by atoms with E-state index in [4.69, 9.17) is 4.42 Å². The maximum Gasteiger partial charge on any atom is 0.203 e. The minimum absolute atomic E-state index is 0.0925. The Hall–Kier alpha value is -2.46. The Morgan fingerprint density at radius 2 is 1.86 bits per heavy atom. The minimum atomic E-state index is -0.977. The highest BCUT2D eigenvalue weighted by molar-refractivity contribution is 5.84. The molecule has 4 heteroatoms. The molecule has 22 heavy (non-hydrogen) atoms. The molecule has 0 fully saturated rings. The van der Waals surface area contributed by atoms with Gasteiger partial charge in [-0.2, -0.15) is 0 Å². The van der Waals surface area contributed by atoms with Gasteiger partial charge in [-0.1, -0.05) is 30.3 Å². The molecule has 0 aliphatic heterocycles. The van der Waals surface area contributed by atoms with Gasteiger partial charge in [-0.3, -0.25) is 4.79 Å².